The lowest BCUT2D eigenvalue weighted by Gasteiger charge is -2.16. The second kappa shape index (κ2) is 8.09. The van der Waals surface area contributed by atoms with Gasteiger partial charge in [-0.1, -0.05) is 54.1 Å². The second-order valence-electron chi connectivity index (χ2n) is 6.68. The van der Waals surface area contributed by atoms with Crippen LogP contribution in [0, 0.1) is 0 Å². The SMILES string of the molecule is COC(=O)C(=C(C)C)c1ccc(OC)c2c(Cc3ccccc3)cccc12. The molecule has 0 heterocycles. The number of ether oxygens (including phenoxy) is 2. The van der Waals surface area contributed by atoms with Crippen molar-refractivity contribution in [2.75, 3.05) is 14.2 Å². The molecule has 3 aromatic rings. The maximum atomic E-state index is 12.4. The first-order valence-corrected chi connectivity index (χ1v) is 8.95. The van der Waals surface area contributed by atoms with Gasteiger partial charge in [-0.3, -0.25) is 0 Å². The van der Waals surface area contributed by atoms with Crippen LogP contribution in [0.5, 0.6) is 5.75 Å². The van der Waals surface area contributed by atoms with E-state index in [0.29, 0.717) is 5.57 Å². The van der Waals surface area contributed by atoms with Gasteiger partial charge in [0.15, 0.2) is 0 Å². The van der Waals surface area contributed by atoms with Crippen LogP contribution < -0.4 is 4.74 Å². The molecule has 138 valence electrons. The van der Waals surface area contributed by atoms with E-state index in [1.165, 1.54) is 12.7 Å². The summed E-state index contributed by atoms with van der Waals surface area (Å²) in [6.07, 6.45) is 0.792. The van der Waals surface area contributed by atoms with Gasteiger partial charge < -0.3 is 9.47 Å². The summed E-state index contributed by atoms with van der Waals surface area (Å²) in [5.74, 6) is 0.480. The maximum Gasteiger partial charge on any atom is 0.338 e. The van der Waals surface area contributed by atoms with Gasteiger partial charge in [0.25, 0.3) is 0 Å². The summed E-state index contributed by atoms with van der Waals surface area (Å²) in [7, 11) is 3.09. The zero-order valence-electron chi connectivity index (χ0n) is 16.2. The normalized spacial score (nSPS) is 10.5. The number of hydrogen-bond donors (Lipinski definition) is 0. The van der Waals surface area contributed by atoms with Crippen molar-refractivity contribution in [1.29, 1.82) is 0 Å². The summed E-state index contributed by atoms with van der Waals surface area (Å²) < 4.78 is 10.7. The Kier molecular flexibility index (Phi) is 5.60. The molecule has 0 fully saturated rings. The summed E-state index contributed by atoms with van der Waals surface area (Å²) in [4.78, 5) is 12.4. The molecule has 0 saturated carbocycles. The van der Waals surface area contributed by atoms with Gasteiger partial charge in [-0.2, -0.15) is 0 Å². The third-order valence-corrected chi connectivity index (χ3v) is 4.70. The molecule has 0 atom stereocenters. The predicted octanol–water partition coefficient (Wildman–Crippen LogP) is 5.41. The third kappa shape index (κ3) is 3.72. The summed E-state index contributed by atoms with van der Waals surface area (Å²) in [5.41, 5.74) is 4.78. The molecule has 27 heavy (non-hydrogen) atoms. The zero-order chi connectivity index (χ0) is 19.4. The summed E-state index contributed by atoms with van der Waals surface area (Å²) in [5, 5.41) is 2.02. The van der Waals surface area contributed by atoms with Crippen LogP contribution in [-0.4, -0.2) is 20.2 Å². The number of benzene rings is 3. The lowest BCUT2D eigenvalue weighted by Crippen LogP contribution is -2.07. The van der Waals surface area contributed by atoms with Crippen molar-refractivity contribution < 1.29 is 14.3 Å². The highest BCUT2D eigenvalue weighted by Crippen LogP contribution is 2.36. The summed E-state index contributed by atoms with van der Waals surface area (Å²) >= 11 is 0. The average molecular weight is 360 g/mol. The molecule has 0 aliphatic rings. The first kappa shape index (κ1) is 18.7. The highest BCUT2D eigenvalue weighted by atomic mass is 16.5. The highest BCUT2D eigenvalue weighted by Gasteiger charge is 2.19. The molecule has 3 heteroatoms. The fourth-order valence-corrected chi connectivity index (χ4v) is 3.48. The number of carbonyl (C=O) groups excluding carboxylic acids is 1. The molecule has 0 spiro atoms. The Labute approximate surface area is 160 Å². The van der Waals surface area contributed by atoms with E-state index < -0.39 is 0 Å². The minimum Gasteiger partial charge on any atom is -0.496 e. The Hall–Kier alpha value is -3.07. The molecule has 0 amide bonds. The zero-order valence-corrected chi connectivity index (χ0v) is 16.2. The van der Waals surface area contributed by atoms with Crippen LogP contribution in [0.1, 0.15) is 30.5 Å². The van der Waals surface area contributed by atoms with Gasteiger partial charge in [-0.25, -0.2) is 4.79 Å². The van der Waals surface area contributed by atoms with Crippen molar-refractivity contribution in [3.8, 4) is 5.75 Å². The molecule has 0 aliphatic carbocycles. The van der Waals surface area contributed by atoms with Gasteiger partial charge in [0.1, 0.15) is 5.75 Å². The van der Waals surface area contributed by atoms with Gasteiger partial charge in [0, 0.05) is 5.39 Å². The van der Waals surface area contributed by atoms with Crippen molar-refractivity contribution in [2.45, 2.75) is 20.3 Å². The van der Waals surface area contributed by atoms with Crippen LogP contribution in [0.15, 0.2) is 66.2 Å². The molecule has 3 nitrogen and oxygen atoms in total. The monoisotopic (exact) mass is 360 g/mol. The molecule has 0 aliphatic heterocycles. The molecule has 3 aromatic carbocycles. The van der Waals surface area contributed by atoms with Crippen LogP contribution in [0.2, 0.25) is 0 Å². The number of rotatable bonds is 5. The number of methoxy groups -OCH3 is 2. The lowest BCUT2D eigenvalue weighted by atomic mass is 9.91. The quantitative estimate of drug-likeness (QED) is 0.451. The number of esters is 1. The Bertz CT molecular complexity index is 997. The molecule has 0 aromatic heterocycles. The minimum atomic E-state index is -0.324. The van der Waals surface area contributed by atoms with E-state index in [4.69, 9.17) is 9.47 Å². The van der Waals surface area contributed by atoms with Crippen molar-refractivity contribution in [2.24, 2.45) is 0 Å². The summed E-state index contributed by atoms with van der Waals surface area (Å²) in [6.45, 7) is 3.85. The largest absolute Gasteiger partial charge is 0.496 e. The van der Waals surface area contributed by atoms with E-state index in [2.05, 4.69) is 18.2 Å². The Morgan fingerprint density at radius 3 is 2.26 bits per heavy atom. The first-order chi connectivity index (χ1) is 13.1. The van der Waals surface area contributed by atoms with Crippen LogP contribution in [0.4, 0.5) is 0 Å². The number of hydrogen-bond acceptors (Lipinski definition) is 3. The van der Waals surface area contributed by atoms with Gasteiger partial charge in [-0.05, 0) is 54.5 Å². The molecule has 0 bridgehead atoms. The topological polar surface area (TPSA) is 35.5 Å². The van der Waals surface area contributed by atoms with E-state index >= 15 is 0 Å². The van der Waals surface area contributed by atoms with E-state index in [9.17, 15) is 4.79 Å². The number of fused-ring (bicyclic) bond motifs is 1. The molecular weight excluding hydrogens is 336 g/mol. The van der Waals surface area contributed by atoms with E-state index in [0.717, 1.165) is 39.6 Å². The van der Waals surface area contributed by atoms with Gasteiger partial charge in [0.05, 0.1) is 19.8 Å². The van der Waals surface area contributed by atoms with Crippen molar-refractivity contribution >= 4 is 22.3 Å². The number of allylic oxidation sites excluding steroid dienone is 1. The molecule has 0 saturated heterocycles. The Morgan fingerprint density at radius 1 is 0.889 bits per heavy atom. The maximum absolute atomic E-state index is 12.4. The van der Waals surface area contributed by atoms with Crippen molar-refractivity contribution in [1.82, 2.24) is 0 Å². The predicted molar refractivity (Wildman–Crippen MR) is 110 cm³/mol. The Morgan fingerprint density at radius 2 is 1.63 bits per heavy atom. The molecule has 0 N–H and O–H groups in total. The number of carbonyl (C=O) groups is 1. The molecular formula is C24H24O3. The smallest absolute Gasteiger partial charge is 0.338 e. The molecule has 3 rings (SSSR count). The van der Waals surface area contributed by atoms with E-state index in [1.54, 1.807) is 7.11 Å². The van der Waals surface area contributed by atoms with Crippen LogP contribution in [-0.2, 0) is 16.0 Å². The Balaban J connectivity index is 2.26. The van der Waals surface area contributed by atoms with Crippen molar-refractivity contribution in [3.05, 3.63) is 82.9 Å². The highest BCUT2D eigenvalue weighted by molar-refractivity contribution is 6.21. The lowest BCUT2D eigenvalue weighted by molar-refractivity contribution is -0.133. The first-order valence-electron chi connectivity index (χ1n) is 8.95. The molecule has 0 unspecified atom stereocenters. The van der Waals surface area contributed by atoms with E-state index in [1.807, 2.05) is 56.3 Å². The van der Waals surface area contributed by atoms with Gasteiger partial charge >= 0.3 is 5.97 Å². The molecule has 0 radical (unpaired) electrons. The minimum absolute atomic E-state index is 0.324. The van der Waals surface area contributed by atoms with Crippen LogP contribution in [0.3, 0.4) is 0 Å². The summed E-state index contributed by atoms with van der Waals surface area (Å²) in [6, 6.07) is 20.4. The van der Waals surface area contributed by atoms with Gasteiger partial charge in [-0.15, -0.1) is 0 Å². The van der Waals surface area contributed by atoms with Crippen LogP contribution >= 0.6 is 0 Å². The second-order valence-corrected chi connectivity index (χ2v) is 6.68. The third-order valence-electron chi connectivity index (χ3n) is 4.70. The van der Waals surface area contributed by atoms with Crippen LogP contribution in [0.25, 0.3) is 16.3 Å². The van der Waals surface area contributed by atoms with Crippen molar-refractivity contribution in [3.63, 3.8) is 0 Å². The average Bonchev–Trinajstić information content (AvgIpc) is 2.69. The fraction of sp³-hybridized carbons (Fsp3) is 0.208. The fourth-order valence-electron chi connectivity index (χ4n) is 3.48. The van der Waals surface area contributed by atoms with Gasteiger partial charge in [0.2, 0.25) is 0 Å². The standard InChI is InChI=1S/C24H24O3/c1-16(2)22(24(25)27-4)20-13-14-21(26-3)23-18(11-8-12-19(20)23)15-17-9-6-5-7-10-17/h5-14H,15H2,1-4H3. The van der Waals surface area contributed by atoms with E-state index in [-0.39, 0.29) is 5.97 Å².